The van der Waals surface area contributed by atoms with E-state index in [1.165, 1.54) is 0 Å². The third-order valence-corrected chi connectivity index (χ3v) is 12.2. The standard InChI is InChI=1S/C64H45N/c1-5-15-46(16-6-1)47-25-27-48(28-26-47)49-29-37-57(38-30-49)65(59-41-33-55(34-42-59)64-61-24-14-13-23-54(61)35-44-62(64)52-19-9-3-10-20-52)58-39-31-50(32-40-58)56-36-43-60(51-17-7-2-8-18-51)63(45-56)53-21-11-4-12-22-53/h1-45H/i29D,30D,37D,38D. The summed E-state index contributed by atoms with van der Waals surface area (Å²) in [6.45, 7) is 0. The van der Waals surface area contributed by atoms with Crippen molar-refractivity contribution in [2.45, 2.75) is 0 Å². The zero-order chi connectivity index (χ0) is 46.8. The van der Waals surface area contributed by atoms with Gasteiger partial charge in [0.25, 0.3) is 0 Å². The summed E-state index contributed by atoms with van der Waals surface area (Å²) in [5, 5.41) is 2.28. The van der Waals surface area contributed by atoms with Crippen molar-refractivity contribution >= 4 is 27.8 Å². The SMILES string of the molecule is [2H]c1c([2H])c(N(c2ccc(-c3ccc(-c4ccccc4)c(-c4ccccc4)c3)cc2)c2ccc(-c3c(-c4ccccc4)ccc4ccccc34)cc2)c([2H])c([2H])c1-c1ccc(-c2ccccc2)cc1. The van der Waals surface area contributed by atoms with Crippen LogP contribution in [0.3, 0.4) is 0 Å². The number of nitrogens with zero attached hydrogens (tertiary/aromatic N) is 1. The van der Waals surface area contributed by atoms with Gasteiger partial charge >= 0.3 is 0 Å². The molecule has 1 nitrogen and oxygen atoms in total. The molecule has 0 spiro atoms. The third-order valence-electron chi connectivity index (χ3n) is 12.2. The highest BCUT2D eigenvalue weighted by atomic mass is 15.1. The summed E-state index contributed by atoms with van der Waals surface area (Å²) in [6, 6.07) is 84.4. The molecule has 11 rings (SSSR count). The monoisotopic (exact) mass is 831 g/mol. The van der Waals surface area contributed by atoms with E-state index in [2.05, 4.69) is 152 Å². The Labute approximate surface area is 387 Å². The quantitative estimate of drug-likeness (QED) is 0.133. The molecule has 0 radical (unpaired) electrons. The highest BCUT2D eigenvalue weighted by Crippen LogP contribution is 2.42. The summed E-state index contributed by atoms with van der Waals surface area (Å²) in [6.07, 6.45) is 0. The van der Waals surface area contributed by atoms with Crippen LogP contribution in [0.25, 0.3) is 88.7 Å². The van der Waals surface area contributed by atoms with Crippen LogP contribution in [0, 0.1) is 0 Å². The van der Waals surface area contributed by atoms with Gasteiger partial charge in [-0.05, 0) is 131 Å². The topological polar surface area (TPSA) is 3.24 Å². The van der Waals surface area contributed by atoms with Crippen LogP contribution >= 0.6 is 0 Å². The normalized spacial score (nSPS) is 11.9. The van der Waals surface area contributed by atoms with E-state index in [9.17, 15) is 5.48 Å². The predicted molar refractivity (Wildman–Crippen MR) is 277 cm³/mol. The Bertz CT molecular complexity index is 3570. The van der Waals surface area contributed by atoms with E-state index >= 15 is 0 Å². The Balaban J connectivity index is 1.04. The maximum Gasteiger partial charge on any atom is 0.0645 e. The van der Waals surface area contributed by atoms with Gasteiger partial charge in [0.05, 0.1) is 5.48 Å². The molecule has 0 aliphatic heterocycles. The second-order valence-corrected chi connectivity index (χ2v) is 16.2. The summed E-state index contributed by atoms with van der Waals surface area (Å²) in [4.78, 5) is 1.87. The molecule has 65 heavy (non-hydrogen) atoms. The van der Waals surface area contributed by atoms with Crippen molar-refractivity contribution in [1.29, 1.82) is 0 Å². The lowest BCUT2D eigenvalue weighted by atomic mass is 9.89. The second-order valence-electron chi connectivity index (χ2n) is 16.2. The highest BCUT2D eigenvalue weighted by Gasteiger charge is 2.17. The zero-order valence-corrected chi connectivity index (χ0v) is 35.6. The van der Waals surface area contributed by atoms with Gasteiger partial charge in [-0.1, -0.05) is 230 Å². The first-order valence-corrected chi connectivity index (χ1v) is 22.0. The first-order valence-electron chi connectivity index (χ1n) is 24.0. The lowest BCUT2D eigenvalue weighted by molar-refractivity contribution is 1.28. The van der Waals surface area contributed by atoms with Crippen molar-refractivity contribution in [3.63, 3.8) is 0 Å². The molecule has 0 aliphatic rings. The lowest BCUT2D eigenvalue weighted by Crippen LogP contribution is -2.09. The van der Waals surface area contributed by atoms with Gasteiger partial charge in [0.15, 0.2) is 0 Å². The van der Waals surface area contributed by atoms with E-state index in [0.717, 1.165) is 77.5 Å². The van der Waals surface area contributed by atoms with E-state index in [1.807, 2.05) is 102 Å². The first kappa shape index (κ1) is 35.0. The van der Waals surface area contributed by atoms with Gasteiger partial charge in [-0.15, -0.1) is 0 Å². The van der Waals surface area contributed by atoms with Crippen LogP contribution in [-0.2, 0) is 0 Å². The van der Waals surface area contributed by atoms with E-state index < -0.39 is 0 Å². The largest absolute Gasteiger partial charge is 0.311 e. The van der Waals surface area contributed by atoms with Gasteiger partial charge in [0.1, 0.15) is 0 Å². The van der Waals surface area contributed by atoms with E-state index in [4.69, 9.17) is 0 Å². The molecule has 0 bridgehead atoms. The molecule has 0 saturated heterocycles. The van der Waals surface area contributed by atoms with Crippen molar-refractivity contribution in [2.75, 3.05) is 4.90 Å². The summed E-state index contributed by atoms with van der Waals surface area (Å²) < 4.78 is 38.3. The molecule has 0 amide bonds. The van der Waals surface area contributed by atoms with Gasteiger partial charge in [-0.2, -0.15) is 0 Å². The van der Waals surface area contributed by atoms with Gasteiger partial charge in [-0.3, -0.25) is 0 Å². The van der Waals surface area contributed by atoms with Crippen molar-refractivity contribution in [3.8, 4) is 77.9 Å². The van der Waals surface area contributed by atoms with Crippen molar-refractivity contribution in [1.82, 2.24) is 0 Å². The van der Waals surface area contributed by atoms with Crippen LogP contribution in [0.15, 0.2) is 273 Å². The van der Waals surface area contributed by atoms with E-state index in [1.54, 1.807) is 0 Å². The molecule has 11 aromatic rings. The minimum atomic E-state index is -0.129. The Morgan fingerprint density at radius 3 is 1.23 bits per heavy atom. The summed E-state index contributed by atoms with van der Waals surface area (Å²) in [5.74, 6) is 0. The molecule has 306 valence electrons. The Morgan fingerprint density at radius 2 is 0.646 bits per heavy atom. The molecule has 0 unspecified atom stereocenters. The molecule has 0 saturated carbocycles. The molecule has 0 fully saturated rings. The molecule has 0 aliphatic carbocycles. The molecule has 0 heterocycles. The molecular weight excluding hydrogens is 783 g/mol. The highest BCUT2D eigenvalue weighted by molar-refractivity contribution is 6.04. The summed E-state index contributed by atoms with van der Waals surface area (Å²) >= 11 is 0. The predicted octanol–water partition coefficient (Wildman–Crippen LogP) is 18.0. The van der Waals surface area contributed by atoms with Gasteiger partial charge in [0, 0.05) is 17.1 Å². The maximum absolute atomic E-state index is 9.66. The van der Waals surface area contributed by atoms with Crippen LogP contribution in [0.1, 0.15) is 5.48 Å². The molecule has 0 aromatic heterocycles. The minimum absolute atomic E-state index is 0.105. The fourth-order valence-electron chi connectivity index (χ4n) is 8.90. The number of benzene rings is 11. The van der Waals surface area contributed by atoms with Crippen LogP contribution in [0.5, 0.6) is 0 Å². The lowest BCUT2D eigenvalue weighted by Gasteiger charge is -2.26. The fraction of sp³-hybridized carbons (Fsp3) is 0. The van der Waals surface area contributed by atoms with Crippen LogP contribution in [-0.4, -0.2) is 0 Å². The average Bonchev–Trinajstić information content (AvgIpc) is 3.42. The molecule has 0 atom stereocenters. The van der Waals surface area contributed by atoms with Gasteiger partial charge in [-0.25, -0.2) is 0 Å². The zero-order valence-electron chi connectivity index (χ0n) is 39.6. The summed E-state index contributed by atoms with van der Waals surface area (Å²) in [5.41, 5.74) is 15.5. The Kier molecular flexibility index (Phi) is 9.52. The number of rotatable bonds is 10. The Hall–Kier alpha value is -8.52. The molecule has 1 heteroatoms. The maximum atomic E-state index is 9.66. The number of anilines is 3. The van der Waals surface area contributed by atoms with Gasteiger partial charge in [0.2, 0.25) is 0 Å². The third kappa shape index (κ3) is 8.04. The van der Waals surface area contributed by atoms with Crippen LogP contribution in [0.4, 0.5) is 17.1 Å². The van der Waals surface area contributed by atoms with Gasteiger partial charge < -0.3 is 4.90 Å². The van der Waals surface area contributed by atoms with Crippen LogP contribution < -0.4 is 4.90 Å². The van der Waals surface area contributed by atoms with E-state index in [-0.39, 0.29) is 35.4 Å². The first-order chi connectivity index (χ1) is 33.9. The Morgan fingerprint density at radius 1 is 0.246 bits per heavy atom. The number of fused-ring (bicyclic) bond motifs is 1. The van der Waals surface area contributed by atoms with E-state index in [0.29, 0.717) is 16.9 Å². The molecule has 0 N–H and O–H groups in total. The van der Waals surface area contributed by atoms with Crippen molar-refractivity contribution in [2.24, 2.45) is 0 Å². The number of hydrogen-bond donors (Lipinski definition) is 0. The number of hydrogen-bond acceptors (Lipinski definition) is 1. The van der Waals surface area contributed by atoms with Crippen molar-refractivity contribution < 1.29 is 5.48 Å². The molecule has 11 aromatic carbocycles. The van der Waals surface area contributed by atoms with Crippen molar-refractivity contribution in [3.05, 3.63) is 273 Å². The molecular formula is C64H45N. The average molecular weight is 832 g/mol. The van der Waals surface area contributed by atoms with Crippen LogP contribution in [0.2, 0.25) is 0 Å². The minimum Gasteiger partial charge on any atom is -0.311 e. The summed E-state index contributed by atoms with van der Waals surface area (Å²) in [7, 11) is 0. The smallest absolute Gasteiger partial charge is 0.0645 e. The second kappa shape index (κ2) is 17.7. The fourth-order valence-corrected chi connectivity index (χ4v) is 8.90.